The molecule has 0 aromatic carbocycles. The van der Waals surface area contributed by atoms with Gasteiger partial charge in [-0.1, -0.05) is 231 Å². The first-order chi connectivity index (χ1) is 59.7. The lowest BCUT2D eigenvalue weighted by Crippen LogP contribution is -2.50. The maximum atomic E-state index is 11.6. The zero-order chi connectivity index (χ0) is 98.1. The Morgan fingerprint density at radius 3 is 0.429 bits per heavy atom. The van der Waals surface area contributed by atoms with E-state index in [0.717, 1.165) is 238 Å². The molecular weight excluding hydrogens is 1720 g/mol. The van der Waals surface area contributed by atoms with Gasteiger partial charge in [-0.25, -0.2) is 0 Å². The molecule has 0 N–H and O–H groups in total. The van der Waals surface area contributed by atoms with Gasteiger partial charge in [0.05, 0.1) is 258 Å². The van der Waals surface area contributed by atoms with Crippen LogP contribution in [-0.2, 0) is 38.4 Å². The van der Waals surface area contributed by atoms with Crippen molar-refractivity contribution in [2.45, 2.75) is 360 Å². The molecule has 0 heterocycles. The lowest BCUT2D eigenvalue weighted by Gasteiger charge is -2.37. The van der Waals surface area contributed by atoms with Crippen LogP contribution >= 0.6 is 94.1 Å². The Morgan fingerprint density at radius 1 is 0.151 bits per heavy atom. The van der Waals surface area contributed by atoms with Crippen LogP contribution in [0.4, 0.5) is 0 Å². The molecule has 16 nitrogen and oxygen atoms in total. The average Bonchev–Trinajstić information content (AvgIpc) is 0.898. The highest BCUT2D eigenvalue weighted by molar-refractivity contribution is 8.15. The molecule has 126 heavy (non-hydrogen) atoms. The Kier molecular flexibility index (Phi) is 107. The van der Waals surface area contributed by atoms with Crippen molar-refractivity contribution in [3.63, 3.8) is 0 Å². The van der Waals surface area contributed by atoms with Gasteiger partial charge < -0.3 is 35.9 Å². The minimum atomic E-state index is 0.339. The van der Waals surface area contributed by atoms with E-state index in [1.54, 1.807) is 47.0 Å². The predicted octanol–water partition coefficient (Wildman–Crippen LogP) is 25.7. The minimum Gasteiger partial charge on any atom is -0.330 e. The fourth-order valence-corrected chi connectivity index (χ4v) is 23.5. The second-order valence-electron chi connectivity index (χ2n) is 36.5. The topological polar surface area (TPSA) is 137 Å². The van der Waals surface area contributed by atoms with Crippen molar-refractivity contribution in [3.05, 3.63) is 0 Å². The number of carbonyl (C=O) groups is 8. The minimum absolute atomic E-state index is 0.339. The lowest BCUT2D eigenvalue weighted by molar-refractivity contribution is -0.924. The summed E-state index contributed by atoms with van der Waals surface area (Å²) in [5, 5.41) is 2.94. The summed E-state index contributed by atoms with van der Waals surface area (Å²) in [5.74, 6) is 7.84. The van der Waals surface area contributed by atoms with Crippen LogP contribution in [0.1, 0.15) is 360 Å². The number of nitrogens with zero attached hydrogens (tertiary/aromatic N) is 8. The summed E-state index contributed by atoms with van der Waals surface area (Å²) in [4.78, 5) is 91.4. The Morgan fingerprint density at radius 2 is 0.294 bits per heavy atom. The molecule has 0 amide bonds. The Balaban J connectivity index is -0.000000211. The summed E-state index contributed by atoms with van der Waals surface area (Å²) in [7, 11) is 12.9. The highest BCUT2D eigenvalue weighted by Crippen LogP contribution is 2.22. The largest absolute Gasteiger partial charge is 0.330 e. The molecule has 24 heteroatoms. The maximum Gasteiger partial charge on any atom is 0.189 e. The Hall–Kier alpha value is -0.160. The van der Waals surface area contributed by atoms with Gasteiger partial charge in [0.25, 0.3) is 0 Å². The molecule has 0 spiro atoms. The van der Waals surface area contributed by atoms with Crippen molar-refractivity contribution in [2.24, 2.45) is 0 Å². The quantitative estimate of drug-likeness (QED) is 0.0534. The number of carbonyl (C=O) groups excluding carboxylic acids is 8. The predicted molar refractivity (Wildman–Crippen MR) is 581 cm³/mol. The molecule has 0 aliphatic rings. The standard InChI is InChI=1S/2C15H32NOS.2C14H30NOS.C13H28NOS.C12H26NOS.C10H22NOS.C9H20NOS/c1-5-9-10-15(17)18-14-13-16(8-4,11-6-2)12-7-3;1-5-9-12-16(8-4,11-7-3)13-14-18-15(17)10-6-2;2*1-5-9-14(16)17-13-12-15(8-4,10-6-2)11-7-3;1-5-9-10-13(15)16-12-11-14(6-2,7-3)8-4;1-5-9-12(14)15-11-10-13(6-2,7-3)8-4;1-5-6-7-10(12)13-9-8-11(2,3)4;1-5-6-9(11)12-8-7-10(2,3)4/h2*5-14H2,1-4H3;2*5-13H2,1-4H3;5-12H2,1-4H3;5-11H2,1-4H3;5-9H2,1-4H3;5-8H2,1-4H3/q8*+1. The summed E-state index contributed by atoms with van der Waals surface area (Å²) in [5.41, 5.74) is 0. The smallest absolute Gasteiger partial charge is 0.189 e. The van der Waals surface area contributed by atoms with E-state index in [-0.39, 0.29) is 0 Å². The van der Waals surface area contributed by atoms with Crippen molar-refractivity contribution in [1.82, 2.24) is 0 Å². The van der Waals surface area contributed by atoms with Gasteiger partial charge >= 0.3 is 0 Å². The number of thioether (sulfide) groups is 8. The third kappa shape index (κ3) is 87.9. The van der Waals surface area contributed by atoms with Crippen LogP contribution in [0, 0.1) is 0 Å². The van der Waals surface area contributed by atoms with Gasteiger partial charge in [-0.3, -0.25) is 38.4 Å². The zero-order valence-electron chi connectivity index (χ0n) is 90.0. The summed E-state index contributed by atoms with van der Waals surface area (Å²) in [6, 6.07) is 0. The molecule has 0 aromatic heterocycles. The molecule has 756 valence electrons. The van der Waals surface area contributed by atoms with Crippen LogP contribution in [0.5, 0.6) is 0 Å². The fourth-order valence-electron chi connectivity index (χ4n) is 14.9. The monoisotopic (exact) mass is 1940 g/mol. The first-order valence-corrected chi connectivity index (χ1v) is 59.6. The number of hydrogen-bond acceptors (Lipinski definition) is 16. The first-order valence-electron chi connectivity index (χ1n) is 51.7. The van der Waals surface area contributed by atoms with E-state index >= 15 is 0 Å². The Bertz CT molecular complexity index is 2430. The van der Waals surface area contributed by atoms with Crippen molar-refractivity contribution < 1.29 is 74.2 Å². The van der Waals surface area contributed by atoms with Crippen LogP contribution in [0.3, 0.4) is 0 Å². The van der Waals surface area contributed by atoms with E-state index in [1.165, 1.54) is 241 Å². The average molecular weight is 1940 g/mol. The van der Waals surface area contributed by atoms with Gasteiger partial charge in [0, 0.05) is 51.4 Å². The molecule has 0 aliphatic carbocycles. The molecule has 1 atom stereocenters. The summed E-state index contributed by atoms with van der Waals surface area (Å²) >= 11 is 12.2. The molecule has 0 aromatic rings. The normalized spacial score (nSPS) is 12.1. The summed E-state index contributed by atoms with van der Waals surface area (Å²) in [6.07, 6.45) is 28.5. The highest BCUT2D eigenvalue weighted by atomic mass is 32.2. The second-order valence-corrected chi connectivity index (χ2v) is 45.8. The molecule has 0 fully saturated rings. The second kappa shape index (κ2) is 95.2. The molecule has 0 rings (SSSR count). The van der Waals surface area contributed by atoms with E-state index in [1.807, 2.05) is 6.92 Å². The molecule has 0 radical (unpaired) electrons. The molecule has 0 saturated carbocycles. The highest BCUT2D eigenvalue weighted by Gasteiger charge is 2.29. The zero-order valence-corrected chi connectivity index (χ0v) is 96.5. The molecule has 1 unspecified atom stereocenters. The summed E-state index contributed by atoms with van der Waals surface area (Å²) in [6.45, 7) is 88.3. The third-order valence-corrected chi connectivity index (χ3v) is 31.4. The number of hydrogen-bond donors (Lipinski definition) is 0. The third-order valence-electron chi connectivity index (χ3n) is 24.1. The number of rotatable bonds is 70. The Labute approximate surface area is 821 Å². The van der Waals surface area contributed by atoms with E-state index in [0.29, 0.717) is 40.9 Å². The van der Waals surface area contributed by atoms with Gasteiger partial charge in [-0.15, -0.1) is 0 Å². The number of unbranched alkanes of at least 4 members (excludes halogenated alkanes) is 4. The van der Waals surface area contributed by atoms with E-state index in [2.05, 4.69) is 215 Å². The van der Waals surface area contributed by atoms with Gasteiger partial charge in [0.15, 0.2) is 40.9 Å². The van der Waals surface area contributed by atoms with E-state index in [4.69, 9.17) is 0 Å². The van der Waals surface area contributed by atoms with Crippen LogP contribution in [0.25, 0.3) is 0 Å². The first kappa shape index (κ1) is 141. The van der Waals surface area contributed by atoms with Crippen LogP contribution < -0.4 is 0 Å². The van der Waals surface area contributed by atoms with Crippen molar-refractivity contribution >= 4 is 135 Å². The number of quaternary nitrogens is 8. The lowest BCUT2D eigenvalue weighted by atomic mass is 10.2. The maximum absolute atomic E-state index is 11.6. The molecule has 0 bridgehead atoms. The van der Waals surface area contributed by atoms with E-state index in [9.17, 15) is 38.4 Å². The van der Waals surface area contributed by atoms with Gasteiger partial charge in [-0.05, 0) is 172 Å². The molecule has 0 aliphatic heterocycles. The molecule has 0 saturated heterocycles. The summed E-state index contributed by atoms with van der Waals surface area (Å²) < 4.78 is 8.96. The van der Waals surface area contributed by atoms with Crippen LogP contribution in [-0.4, -0.2) is 335 Å². The van der Waals surface area contributed by atoms with Crippen LogP contribution in [0.2, 0.25) is 0 Å². The van der Waals surface area contributed by atoms with Crippen molar-refractivity contribution in [1.29, 1.82) is 0 Å². The van der Waals surface area contributed by atoms with Gasteiger partial charge in [-0.2, -0.15) is 0 Å². The fraction of sp³-hybridized carbons (Fsp3) is 0.922. The van der Waals surface area contributed by atoms with Crippen molar-refractivity contribution in [2.75, 3.05) is 258 Å². The van der Waals surface area contributed by atoms with Gasteiger partial charge in [0.1, 0.15) is 0 Å². The van der Waals surface area contributed by atoms with Crippen LogP contribution in [0.15, 0.2) is 0 Å². The van der Waals surface area contributed by atoms with Gasteiger partial charge in [0.2, 0.25) is 0 Å². The van der Waals surface area contributed by atoms with Crippen molar-refractivity contribution in [3.8, 4) is 0 Å². The SMILES string of the molecule is CCCC(=O)SCC[N+](C)(C)C.CCCC(=O)SCC[N+](CC)(CC)CC.CCCC(=O)SCC[N+](CC)(CCC)CCC.CCCC(=O)SCC[N+](CC)(CCC)CCC.CCCCC(=O)SCC[N+](C)(C)C.CCCCC(=O)SCC[N+](CC)(CC)CC.CCCCC(=O)SCC[N+](CC)(CCC)CCC.CCCC[N+](CC)(CCC)CCSC(=O)CCC. The van der Waals surface area contributed by atoms with E-state index < -0.39 is 0 Å². The molecular formula is C102H220N8O8S8+8.